The van der Waals surface area contributed by atoms with Gasteiger partial charge in [-0.1, -0.05) is 31.9 Å². The van der Waals surface area contributed by atoms with Gasteiger partial charge in [-0.05, 0) is 13.8 Å². The summed E-state index contributed by atoms with van der Waals surface area (Å²) in [5.41, 5.74) is 0. The molecule has 1 fully saturated rings. The van der Waals surface area contributed by atoms with Gasteiger partial charge < -0.3 is 0 Å². The van der Waals surface area contributed by atoms with Crippen LogP contribution >= 0.6 is 43.6 Å². The van der Waals surface area contributed by atoms with Crippen LogP contribution in [0.1, 0.15) is 13.8 Å². The van der Waals surface area contributed by atoms with Crippen LogP contribution in [0.5, 0.6) is 0 Å². The first-order chi connectivity index (χ1) is 2.96. The van der Waals surface area contributed by atoms with Gasteiger partial charge in [-0.3, -0.25) is 0 Å². The Labute approximate surface area is 64.7 Å². The molecule has 0 atom stereocenters. The molecule has 1 heterocycles. The van der Waals surface area contributed by atoms with Gasteiger partial charge in [-0.2, -0.15) is 0 Å². The maximum atomic E-state index is 3.49. The Hall–Kier alpha value is 1.31. The van der Waals surface area contributed by atoms with Crippen LogP contribution in [-0.2, 0) is 0 Å². The molecule has 0 nitrogen and oxygen atoms in total. The summed E-state index contributed by atoms with van der Waals surface area (Å²) in [6, 6.07) is 0. The van der Waals surface area contributed by atoms with E-state index in [-0.39, 0.29) is 2.57 Å². The quantitative estimate of drug-likeness (QED) is 0.467. The summed E-state index contributed by atoms with van der Waals surface area (Å²) in [5.74, 6) is 0. The van der Waals surface area contributed by atoms with E-state index < -0.39 is 0 Å². The average molecular weight is 246 g/mol. The Morgan fingerprint density at radius 1 is 1.29 bits per heavy atom. The van der Waals surface area contributed by atoms with E-state index in [0.717, 1.165) is 0 Å². The van der Waals surface area contributed by atoms with Crippen LogP contribution in [0.3, 0.4) is 0 Å². The Morgan fingerprint density at radius 3 is 1.43 bits per heavy atom. The molecule has 1 saturated heterocycles. The zero-order valence-electron chi connectivity index (χ0n) is 4.16. The van der Waals surface area contributed by atoms with Gasteiger partial charge in [0.25, 0.3) is 0 Å². The zero-order chi connectivity index (χ0) is 5.71. The zero-order valence-corrected chi connectivity index (χ0v) is 8.15. The van der Waals surface area contributed by atoms with E-state index in [4.69, 9.17) is 0 Å². The highest BCUT2D eigenvalue weighted by atomic mass is 79.9. The van der Waals surface area contributed by atoms with Crippen molar-refractivity contribution in [3.8, 4) is 0 Å². The molecule has 0 amide bonds. The van der Waals surface area contributed by atoms with Gasteiger partial charge in [0.15, 0.2) is 0 Å². The predicted molar refractivity (Wildman–Crippen MR) is 42.3 cm³/mol. The molecule has 0 aromatic carbocycles. The second-order valence-corrected chi connectivity index (χ2v) is 8.46. The monoisotopic (exact) mass is 244 g/mol. The van der Waals surface area contributed by atoms with Crippen molar-refractivity contribution in [3.63, 3.8) is 0 Å². The highest BCUT2D eigenvalue weighted by Crippen LogP contribution is 2.71. The van der Waals surface area contributed by atoms with Crippen LogP contribution in [-0.4, -0.2) is 7.31 Å². The highest BCUT2D eigenvalue weighted by molar-refractivity contribution is 9.29. The molecule has 0 unspecified atom stereocenters. The van der Waals surface area contributed by atoms with E-state index in [0.29, 0.717) is 4.75 Å². The van der Waals surface area contributed by atoms with Crippen LogP contribution in [0.25, 0.3) is 0 Å². The second-order valence-electron chi connectivity index (χ2n) is 2.13. The lowest BCUT2D eigenvalue weighted by Crippen LogP contribution is -2.02. The Kier molecular flexibility index (Phi) is 1.31. The minimum absolute atomic E-state index is 0.188. The molecule has 42 valence electrons. The van der Waals surface area contributed by atoms with Crippen molar-refractivity contribution in [3.05, 3.63) is 0 Å². The van der Waals surface area contributed by atoms with Gasteiger partial charge in [0.05, 0.1) is 0 Å². The first-order valence-corrected chi connectivity index (χ1v) is 4.44. The minimum Gasteiger partial charge on any atom is -0.121 e. The van der Waals surface area contributed by atoms with Crippen LogP contribution in [0, 0.1) is 0 Å². The predicted octanol–water partition coefficient (Wildman–Crippen LogP) is 2.96. The number of rotatable bonds is 0. The summed E-state index contributed by atoms with van der Waals surface area (Å²) < 4.78 is 0.583. The Balaban J connectivity index is 2.59. The minimum atomic E-state index is 0.188. The molecule has 3 heteroatoms. The molecule has 0 bridgehead atoms. The first-order valence-electron chi connectivity index (χ1n) is 2.04. The molecule has 0 aromatic heterocycles. The Bertz CT molecular complexity index is 85.9. The Morgan fingerprint density at radius 2 is 1.43 bits per heavy atom. The van der Waals surface area contributed by atoms with Crippen LogP contribution < -0.4 is 0 Å². The van der Waals surface area contributed by atoms with E-state index >= 15 is 0 Å². The number of hydrogen-bond donors (Lipinski definition) is 0. The third-order valence-corrected chi connectivity index (χ3v) is 5.90. The van der Waals surface area contributed by atoms with Gasteiger partial charge in [0, 0.05) is 4.75 Å². The smallest absolute Gasteiger partial charge is 0.121 e. The summed E-state index contributed by atoms with van der Waals surface area (Å²) in [6.45, 7) is 4.39. The van der Waals surface area contributed by atoms with E-state index in [1.165, 1.54) is 0 Å². The normalized spacial score (nSPS) is 32.6. The average Bonchev–Trinajstić information content (AvgIpc) is 1.63. The topological polar surface area (TPSA) is 0 Å². The second kappa shape index (κ2) is 1.42. The lowest BCUT2D eigenvalue weighted by Gasteiger charge is -1.96. The molecule has 1 aliphatic heterocycles. The van der Waals surface area contributed by atoms with Crippen molar-refractivity contribution >= 4 is 43.6 Å². The van der Waals surface area contributed by atoms with Gasteiger partial charge in [0.2, 0.25) is 0 Å². The van der Waals surface area contributed by atoms with Gasteiger partial charge in [0.1, 0.15) is 2.57 Å². The van der Waals surface area contributed by atoms with Crippen LogP contribution in [0.15, 0.2) is 0 Å². The van der Waals surface area contributed by atoms with E-state index in [9.17, 15) is 0 Å². The molecular weight excluding hydrogens is 240 g/mol. The van der Waals surface area contributed by atoms with Crippen LogP contribution in [0.2, 0.25) is 0 Å². The van der Waals surface area contributed by atoms with Gasteiger partial charge in [-0.15, -0.1) is 11.8 Å². The van der Waals surface area contributed by atoms with E-state index in [1.54, 1.807) is 0 Å². The van der Waals surface area contributed by atoms with Gasteiger partial charge >= 0.3 is 0 Å². The van der Waals surface area contributed by atoms with E-state index in [1.807, 2.05) is 11.8 Å². The molecule has 0 radical (unpaired) electrons. The lowest BCUT2D eigenvalue weighted by atomic mass is 10.3. The number of hydrogen-bond acceptors (Lipinski definition) is 1. The summed E-state index contributed by atoms with van der Waals surface area (Å²) in [4.78, 5) is 0. The maximum absolute atomic E-state index is 3.49. The van der Waals surface area contributed by atoms with Crippen molar-refractivity contribution in [1.82, 2.24) is 0 Å². The summed E-state index contributed by atoms with van der Waals surface area (Å²) in [6.07, 6.45) is 0. The van der Waals surface area contributed by atoms with Crippen molar-refractivity contribution in [1.29, 1.82) is 0 Å². The number of halogens is 2. The molecule has 0 spiro atoms. The highest BCUT2D eigenvalue weighted by Gasteiger charge is 2.59. The fourth-order valence-corrected chi connectivity index (χ4v) is 3.31. The number of alkyl halides is 2. The lowest BCUT2D eigenvalue weighted by molar-refractivity contribution is 0.868. The van der Waals surface area contributed by atoms with Gasteiger partial charge in [-0.25, -0.2) is 0 Å². The van der Waals surface area contributed by atoms with Crippen LogP contribution in [0.4, 0.5) is 0 Å². The number of thioether (sulfide) groups is 1. The largest absolute Gasteiger partial charge is 0.140 e. The SMILES string of the molecule is CC1(C)SC1(Br)Br. The standard InChI is InChI=1S/C4H6Br2S/c1-3(2)4(5,6)7-3/h1-2H3. The first kappa shape index (κ1) is 6.43. The molecular formula is C4H6Br2S. The maximum Gasteiger partial charge on any atom is 0.140 e. The molecule has 0 aliphatic carbocycles. The van der Waals surface area contributed by atoms with Crippen molar-refractivity contribution in [2.45, 2.75) is 21.2 Å². The molecule has 0 saturated carbocycles. The molecule has 0 N–H and O–H groups in total. The molecule has 1 rings (SSSR count). The molecule has 7 heavy (non-hydrogen) atoms. The summed E-state index contributed by atoms with van der Waals surface area (Å²) in [5, 5.41) is 0. The van der Waals surface area contributed by atoms with Crippen molar-refractivity contribution in [2.24, 2.45) is 0 Å². The fourth-order valence-electron chi connectivity index (χ4n) is 0.295. The van der Waals surface area contributed by atoms with E-state index in [2.05, 4.69) is 45.7 Å². The summed E-state index contributed by atoms with van der Waals surface area (Å²) >= 11 is 8.86. The van der Waals surface area contributed by atoms with Crippen molar-refractivity contribution in [2.75, 3.05) is 0 Å². The molecule has 1 aliphatic rings. The summed E-state index contributed by atoms with van der Waals surface area (Å²) in [7, 11) is 0. The third kappa shape index (κ3) is 1.01. The fraction of sp³-hybridized carbons (Fsp3) is 1.00. The van der Waals surface area contributed by atoms with Crippen molar-refractivity contribution < 1.29 is 0 Å². The third-order valence-electron chi connectivity index (χ3n) is 1.04. The molecule has 0 aromatic rings.